The summed E-state index contributed by atoms with van der Waals surface area (Å²) >= 11 is 0. The van der Waals surface area contributed by atoms with Crippen molar-refractivity contribution in [2.75, 3.05) is 6.61 Å². The summed E-state index contributed by atoms with van der Waals surface area (Å²) in [7, 11) is 0. The fourth-order valence-corrected chi connectivity index (χ4v) is 2.99. The van der Waals surface area contributed by atoms with Crippen molar-refractivity contribution in [2.24, 2.45) is 5.92 Å². The van der Waals surface area contributed by atoms with Gasteiger partial charge in [-0.25, -0.2) is 0 Å². The number of ether oxygens (including phenoxy) is 1. The average molecular weight is 291 g/mol. The van der Waals surface area contributed by atoms with Gasteiger partial charge in [-0.3, -0.25) is 0 Å². The van der Waals surface area contributed by atoms with Gasteiger partial charge in [-0.05, 0) is 18.4 Å². The van der Waals surface area contributed by atoms with Crippen LogP contribution in [0.4, 0.5) is 0 Å². The largest absolute Gasteiger partial charge is 0.491 e. The summed E-state index contributed by atoms with van der Waals surface area (Å²) in [5.41, 5.74) is 1.15. The molecule has 0 amide bonds. The molecule has 2 rings (SSSR count). The summed E-state index contributed by atoms with van der Waals surface area (Å²) in [6.07, 6.45) is 5.72. The van der Waals surface area contributed by atoms with Crippen LogP contribution in [0.5, 0.6) is 5.75 Å². The second kappa shape index (κ2) is 8.40. The van der Waals surface area contributed by atoms with Crippen LogP contribution in [0.25, 0.3) is 0 Å². The Balaban J connectivity index is 1.81. The summed E-state index contributed by atoms with van der Waals surface area (Å²) in [6.45, 7) is 5.46. The number of aliphatic hydroxyl groups excluding tert-OH is 1. The van der Waals surface area contributed by atoms with E-state index in [1.807, 2.05) is 18.2 Å². The van der Waals surface area contributed by atoms with Crippen molar-refractivity contribution in [2.45, 2.75) is 64.6 Å². The van der Waals surface area contributed by atoms with Gasteiger partial charge >= 0.3 is 0 Å². The first kappa shape index (κ1) is 16.3. The molecule has 1 aromatic carbocycles. The molecule has 0 radical (unpaired) electrons. The highest BCUT2D eigenvalue weighted by molar-refractivity contribution is 5.33. The zero-order valence-corrected chi connectivity index (χ0v) is 13.3. The van der Waals surface area contributed by atoms with Gasteiger partial charge in [-0.2, -0.15) is 0 Å². The quantitative estimate of drug-likeness (QED) is 0.770. The third kappa shape index (κ3) is 5.68. The van der Waals surface area contributed by atoms with Crippen molar-refractivity contribution in [1.82, 2.24) is 5.32 Å². The maximum absolute atomic E-state index is 10.1. The molecule has 1 atom stereocenters. The van der Waals surface area contributed by atoms with E-state index in [-0.39, 0.29) is 6.10 Å². The number of benzene rings is 1. The number of nitrogens with one attached hydrogen (secondary N) is 1. The number of para-hydroxylation sites is 1. The van der Waals surface area contributed by atoms with E-state index in [9.17, 15) is 5.11 Å². The Morgan fingerprint density at radius 3 is 2.67 bits per heavy atom. The van der Waals surface area contributed by atoms with Gasteiger partial charge in [0.2, 0.25) is 0 Å². The zero-order valence-electron chi connectivity index (χ0n) is 13.3. The van der Waals surface area contributed by atoms with Gasteiger partial charge in [0.15, 0.2) is 0 Å². The predicted molar refractivity (Wildman–Crippen MR) is 86.5 cm³/mol. The lowest BCUT2D eigenvalue weighted by Gasteiger charge is -2.18. The topological polar surface area (TPSA) is 41.5 Å². The van der Waals surface area contributed by atoms with E-state index in [1.54, 1.807) is 0 Å². The molecule has 21 heavy (non-hydrogen) atoms. The average Bonchev–Trinajstić information content (AvgIpc) is 2.96. The van der Waals surface area contributed by atoms with Crippen molar-refractivity contribution in [3.05, 3.63) is 29.8 Å². The molecule has 1 aromatic rings. The first-order valence-electron chi connectivity index (χ1n) is 8.27. The van der Waals surface area contributed by atoms with E-state index in [0.29, 0.717) is 18.6 Å². The van der Waals surface area contributed by atoms with Crippen LogP contribution in [0.1, 0.15) is 51.5 Å². The highest BCUT2D eigenvalue weighted by atomic mass is 16.5. The third-order valence-electron chi connectivity index (χ3n) is 4.18. The van der Waals surface area contributed by atoms with Crippen LogP contribution in [-0.4, -0.2) is 23.9 Å². The molecule has 0 heterocycles. The van der Waals surface area contributed by atoms with Crippen molar-refractivity contribution in [3.63, 3.8) is 0 Å². The summed E-state index contributed by atoms with van der Waals surface area (Å²) in [5, 5.41) is 13.5. The molecule has 0 aliphatic heterocycles. The van der Waals surface area contributed by atoms with Crippen LogP contribution in [0.15, 0.2) is 24.3 Å². The Morgan fingerprint density at radius 2 is 1.95 bits per heavy atom. The molecule has 2 N–H and O–H groups in total. The summed E-state index contributed by atoms with van der Waals surface area (Å²) in [6, 6.07) is 8.52. The highest BCUT2D eigenvalue weighted by Gasteiger charge is 2.19. The third-order valence-corrected chi connectivity index (χ3v) is 4.18. The minimum Gasteiger partial charge on any atom is -0.491 e. The van der Waals surface area contributed by atoms with Crippen LogP contribution in [-0.2, 0) is 6.54 Å². The van der Waals surface area contributed by atoms with Crippen molar-refractivity contribution in [1.29, 1.82) is 0 Å². The van der Waals surface area contributed by atoms with Crippen LogP contribution in [0, 0.1) is 5.92 Å². The molecule has 118 valence electrons. The lowest BCUT2D eigenvalue weighted by molar-refractivity contribution is 0.0850. The van der Waals surface area contributed by atoms with Crippen molar-refractivity contribution < 1.29 is 9.84 Å². The maximum Gasteiger partial charge on any atom is 0.123 e. The van der Waals surface area contributed by atoms with Gasteiger partial charge in [0, 0.05) is 18.2 Å². The van der Waals surface area contributed by atoms with Gasteiger partial charge < -0.3 is 15.2 Å². The van der Waals surface area contributed by atoms with Crippen molar-refractivity contribution >= 4 is 0 Å². The van der Waals surface area contributed by atoms with Gasteiger partial charge in [0.05, 0.1) is 6.10 Å². The molecule has 3 nitrogen and oxygen atoms in total. The number of hydrogen-bond acceptors (Lipinski definition) is 3. The Morgan fingerprint density at radius 1 is 1.24 bits per heavy atom. The Labute approximate surface area is 128 Å². The number of rotatable bonds is 8. The second-order valence-corrected chi connectivity index (χ2v) is 6.49. The summed E-state index contributed by atoms with van der Waals surface area (Å²) in [5.74, 6) is 1.58. The van der Waals surface area contributed by atoms with E-state index in [4.69, 9.17) is 4.74 Å². The molecule has 1 aliphatic rings. The van der Waals surface area contributed by atoms with Crippen LogP contribution in [0.2, 0.25) is 0 Å². The predicted octanol–water partition coefficient (Wildman–Crippen LogP) is 3.50. The van der Waals surface area contributed by atoms with Gasteiger partial charge in [0.25, 0.3) is 0 Å². The van der Waals surface area contributed by atoms with E-state index >= 15 is 0 Å². The molecule has 0 spiro atoms. The first-order valence-corrected chi connectivity index (χ1v) is 8.27. The van der Waals surface area contributed by atoms with Gasteiger partial charge in [-0.1, -0.05) is 57.7 Å². The standard InChI is InChI=1S/C18H29NO2/c1-14(2)19-12-16-9-5-6-10-18(16)21-13-17(20)11-15-7-3-4-8-15/h5-6,9-10,14-15,17,19-20H,3-4,7-8,11-13H2,1-2H3. The molecular formula is C18H29NO2. The fraction of sp³-hybridized carbons (Fsp3) is 0.667. The molecular weight excluding hydrogens is 262 g/mol. The highest BCUT2D eigenvalue weighted by Crippen LogP contribution is 2.28. The lowest BCUT2D eigenvalue weighted by atomic mass is 10.0. The minimum absolute atomic E-state index is 0.348. The number of hydrogen-bond donors (Lipinski definition) is 2. The molecule has 0 saturated heterocycles. The van der Waals surface area contributed by atoms with Crippen LogP contribution >= 0.6 is 0 Å². The van der Waals surface area contributed by atoms with Gasteiger partial charge in [-0.15, -0.1) is 0 Å². The number of aliphatic hydroxyl groups is 1. The Bertz CT molecular complexity index is 413. The minimum atomic E-state index is -0.348. The van der Waals surface area contributed by atoms with Crippen molar-refractivity contribution in [3.8, 4) is 5.75 Å². The van der Waals surface area contributed by atoms with E-state index in [1.165, 1.54) is 25.7 Å². The second-order valence-electron chi connectivity index (χ2n) is 6.49. The normalized spacial score (nSPS) is 17.3. The monoisotopic (exact) mass is 291 g/mol. The molecule has 0 aromatic heterocycles. The summed E-state index contributed by atoms with van der Waals surface area (Å²) in [4.78, 5) is 0. The molecule has 3 heteroatoms. The molecule has 1 aliphatic carbocycles. The molecule has 1 saturated carbocycles. The Hall–Kier alpha value is -1.06. The SMILES string of the molecule is CC(C)NCc1ccccc1OCC(O)CC1CCCC1. The van der Waals surface area contributed by atoms with E-state index < -0.39 is 0 Å². The Kier molecular flexibility index (Phi) is 6.52. The van der Waals surface area contributed by atoms with E-state index in [0.717, 1.165) is 24.3 Å². The fourth-order valence-electron chi connectivity index (χ4n) is 2.99. The van der Waals surface area contributed by atoms with Crippen LogP contribution < -0.4 is 10.1 Å². The zero-order chi connectivity index (χ0) is 15.1. The maximum atomic E-state index is 10.1. The molecule has 1 fully saturated rings. The van der Waals surface area contributed by atoms with Crippen LogP contribution in [0.3, 0.4) is 0 Å². The lowest BCUT2D eigenvalue weighted by Crippen LogP contribution is -2.23. The first-order chi connectivity index (χ1) is 10.1. The van der Waals surface area contributed by atoms with Gasteiger partial charge in [0.1, 0.15) is 12.4 Å². The molecule has 0 bridgehead atoms. The summed E-state index contributed by atoms with van der Waals surface area (Å²) < 4.78 is 5.85. The van der Waals surface area contributed by atoms with E-state index in [2.05, 4.69) is 25.2 Å². The molecule has 1 unspecified atom stereocenters. The smallest absolute Gasteiger partial charge is 0.123 e.